The summed E-state index contributed by atoms with van der Waals surface area (Å²) in [7, 11) is 0. The Balaban J connectivity index is 0. The predicted molar refractivity (Wildman–Crippen MR) is 51.9 cm³/mol. The van der Waals surface area contributed by atoms with E-state index in [1.807, 2.05) is 0 Å². The first kappa shape index (κ1) is 82.3. The van der Waals surface area contributed by atoms with Crippen molar-refractivity contribution in [3.8, 4) is 0 Å². The molecule has 0 aromatic carbocycles. The fourth-order valence-electron chi connectivity index (χ4n) is 0. The SMILES string of the molecule is S.S.S.S.S.[V]. The minimum absolute atomic E-state index is 0. The van der Waals surface area contributed by atoms with Crippen molar-refractivity contribution in [3.05, 3.63) is 0 Å². The normalized spacial score (nSPS) is 0. The van der Waals surface area contributed by atoms with Crippen LogP contribution in [0.4, 0.5) is 0 Å². The van der Waals surface area contributed by atoms with E-state index in [0.29, 0.717) is 0 Å². The molecule has 6 heavy (non-hydrogen) atoms. The van der Waals surface area contributed by atoms with Crippen LogP contribution in [0.15, 0.2) is 0 Å². The van der Waals surface area contributed by atoms with E-state index in [9.17, 15) is 0 Å². The predicted octanol–water partition coefficient (Wildman–Crippen LogP) is 0.561. The van der Waals surface area contributed by atoms with Gasteiger partial charge in [-0.1, -0.05) is 0 Å². The zero-order valence-electron chi connectivity index (χ0n) is 2.95. The molecule has 0 aliphatic carbocycles. The van der Waals surface area contributed by atoms with Gasteiger partial charge in [-0.25, -0.2) is 0 Å². The standard InChI is InChI=1S/5H2S.V/h5*1H2;. The summed E-state index contributed by atoms with van der Waals surface area (Å²) in [4.78, 5) is 0. The Kier molecular flexibility index (Phi) is 740. The van der Waals surface area contributed by atoms with Crippen LogP contribution in [0.25, 0.3) is 0 Å². The Bertz CT molecular complexity index is 3.90. The van der Waals surface area contributed by atoms with E-state index in [4.69, 9.17) is 0 Å². The number of rotatable bonds is 0. The number of hydrogen-bond donors (Lipinski definition) is 0. The molecule has 0 aliphatic heterocycles. The maximum atomic E-state index is 0. The van der Waals surface area contributed by atoms with Crippen molar-refractivity contribution in [2.24, 2.45) is 0 Å². The molecule has 0 aromatic heterocycles. The zero-order chi connectivity index (χ0) is 0. The second-order valence-electron chi connectivity index (χ2n) is 0. The minimum atomic E-state index is 0. The molecular formula is H10S5V. The third-order valence-corrected chi connectivity index (χ3v) is 0. The van der Waals surface area contributed by atoms with E-state index in [0.717, 1.165) is 0 Å². The molecule has 0 amide bonds. The summed E-state index contributed by atoms with van der Waals surface area (Å²) >= 11 is 0. The summed E-state index contributed by atoms with van der Waals surface area (Å²) in [5.41, 5.74) is 0. The first-order chi connectivity index (χ1) is 0. The molecule has 0 fully saturated rings. The average Bonchev–Trinajstić information content (AvgIpc) is 0. The summed E-state index contributed by atoms with van der Waals surface area (Å²) in [6.45, 7) is 0. The van der Waals surface area contributed by atoms with Gasteiger partial charge in [0.1, 0.15) is 0 Å². The summed E-state index contributed by atoms with van der Waals surface area (Å²) in [5.74, 6) is 0. The molecule has 0 aliphatic rings. The molecule has 0 rings (SSSR count). The van der Waals surface area contributed by atoms with Crippen molar-refractivity contribution in [1.82, 2.24) is 0 Å². The molecule has 0 unspecified atom stereocenters. The molecule has 0 saturated heterocycles. The Labute approximate surface area is 85.3 Å². The summed E-state index contributed by atoms with van der Waals surface area (Å²) < 4.78 is 0. The Morgan fingerprint density at radius 3 is 0.333 bits per heavy atom. The third-order valence-electron chi connectivity index (χ3n) is 0. The van der Waals surface area contributed by atoms with Crippen molar-refractivity contribution in [2.45, 2.75) is 0 Å². The van der Waals surface area contributed by atoms with Gasteiger partial charge in [0.25, 0.3) is 0 Å². The summed E-state index contributed by atoms with van der Waals surface area (Å²) in [6.07, 6.45) is 0. The van der Waals surface area contributed by atoms with Crippen LogP contribution in [-0.2, 0) is 18.6 Å². The smallest absolute Gasteiger partial charge is 0 e. The minimum Gasteiger partial charge on any atom is -0.197 e. The molecule has 6 heteroatoms. The van der Waals surface area contributed by atoms with E-state index in [-0.39, 0.29) is 86.0 Å². The Morgan fingerprint density at radius 1 is 0.333 bits per heavy atom. The van der Waals surface area contributed by atoms with Gasteiger partial charge < -0.3 is 0 Å². The maximum absolute atomic E-state index is 0. The Hall–Kier alpha value is 2.33. The van der Waals surface area contributed by atoms with E-state index in [1.54, 1.807) is 0 Å². The number of hydrogen-bond acceptors (Lipinski definition) is 0. The largest absolute Gasteiger partial charge is 0.197 e. The molecule has 0 bridgehead atoms. The maximum Gasteiger partial charge on any atom is 0 e. The van der Waals surface area contributed by atoms with Gasteiger partial charge in [-0.3, -0.25) is 0 Å². The monoisotopic (exact) mass is 221 g/mol. The van der Waals surface area contributed by atoms with Crippen LogP contribution in [0.3, 0.4) is 0 Å². The van der Waals surface area contributed by atoms with E-state index >= 15 is 0 Å². The van der Waals surface area contributed by atoms with E-state index < -0.39 is 0 Å². The van der Waals surface area contributed by atoms with Crippen LogP contribution >= 0.6 is 67.5 Å². The van der Waals surface area contributed by atoms with Crippen molar-refractivity contribution >= 4 is 67.5 Å². The molecular weight excluding hydrogens is 211 g/mol. The zero-order valence-corrected chi connectivity index (χ0v) is 9.34. The van der Waals surface area contributed by atoms with E-state index in [1.165, 1.54) is 0 Å². The molecule has 0 saturated carbocycles. The van der Waals surface area contributed by atoms with Gasteiger partial charge in [0.2, 0.25) is 0 Å². The first-order valence-electron chi connectivity index (χ1n) is 0. The fraction of sp³-hybridized carbons (Fsp3) is 0. The van der Waals surface area contributed by atoms with Gasteiger partial charge in [0, 0.05) is 18.6 Å². The molecule has 0 nitrogen and oxygen atoms in total. The van der Waals surface area contributed by atoms with Crippen LogP contribution in [-0.4, -0.2) is 0 Å². The third kappa shape index (κ3) is 33.1. The van der Waals surface area contributed by atoms with Crippen LogP contribution in [0.1, 0.15) is 0 Å². The molecule has 45 valence electrons. The molecule has 0 heterocycles. The molecule has 0 atom stereocenters. The van der Waals surface area contributed by atoms with Crippen molar-refractivity contribution in [1.29, 1.82) is 0 Å². The molecule has 0 aromatic rings. The van der Waals surface area contributed by atoms with Gasteiger partial charge in [-0.05, 0) is 0 Å². The summed E-state index contributed by atoms with van der Waals surface area (Å²) in [5, 5.41) is 0. The van der Waals surface area contributed by atoms with Gasteiger partial charge >= 0.3 is 0 Å². The van der Waals surface area contributed by atoms with Crippen LogP contribution in [0.2, 0.25) is 0 Å². The fourth-order valence-corrected chi connectivity index (χ4v) is 0. The van der Waals surface area contributed by atoms with Crippen molar-refractivity contribution in [2.75, 3.05) is 0 Å². The molecule has 0 N–H and O–H groups in total. The molecule has 0 spiro atoms. The first-order valence-corrected chi connectivity index (χ1v) is 0. The van der Waals surface area contributed by atoms with E-state index in [2.05, 4.69) is 0 Å². The van der Waals surface area contributed by atoms with Crippen LogP contribution < -0.4 is 0 Å². The van der Waals surface area contributed by atoms with Crippen molar-refractivity contribution < 1.29 is 18.6 Å². The van der Waals surface area contributed by atoms with Crippen LogP contribution in [0, 0.1) is 0 Å². The summed E-state index contributed by atoms with van der Waals surface area (Å²) in [6, 6.07) is 0. The van der Waals surface area contributed by atoms with Gasteiger partial charge in [0.05, 0.1) is 0 Å². The second kappa shape index (κ2) is 54.0. The van der Waals surface area contributed by atoms with Crippen molar-refractivity contribution in [3.63, 3.8) is 0 Å². The molecule has 1 radical (unpaired) electrons. The topological polar surface area (TPSA) is 0 Å². The Morgan fingerprint density at radius 2 is 0.333 bits per heavy atom. The second-order valence-corrected chi connectivity index (χ2v) is 0. The average molecular weight is 221 g/mol. The quantitative estimate of drug-likeness (QED) is 0.561. The van der Waals surface area contributed by atoms with Gasteiger partial charge in [-0.15, -0.1) is 0 Å². The van der Waals surface area contributed by atoms with Gasteiger partial charge in [0.15, 0.2) is 0 Å². The van der Waals surface area contributed by atoms with Crippen LogP contribution in [0.5, 0.6) is 0 Å². The van der Waals surface area contributed by atoms with Gasteiger partial charge in [-0.2, -0.15) is 67.5 Å².